The van der Waals surface area contributed by atoms with E-state index in [4.69, 9.17) is 0 Å². The highest BCUT2D eigenvalue weighted by Gasteiger charge is 2.16. The van der Waals surface area contributed by atoms with Gasteiger partial charge in [0.2, 0.25) is 0 Å². The van der Waals surface area contributed by atoms with Crippen molar-refractivity contribution in [2.75, 3.05) is 5.32 Å². The van der Waals surface area contributed by atoms with Gasteiger partial charge in [-0.15, -0.1) is 11.3 Å². The molecule has 1 unspecified atom stereocenters. The van der Waals surface area contributed by atoms with Crippen LogP contribution >= 0.6 is 11.3 Å². The Morgan fingerprint density at radius 3 is 2.79 bits per heavy atom. The van der Waals surface area contributed by atoms with E-state index in [1.54, 1.807) is 0 Å². The summed E-state index contributed by atoms with van der Waals surface area (Å²) in [6, 6.07) is 13.3. The monoisotopic (exact) mass is 270 g/mol. The van der Waals surface area contributed by atoms with Crippen molar-refractivity contribution in [2.24, 2.45) is 5.92 Å². The molecule has 0 saturated heterocycles. The van der Waals surface area contributed by atoms with Crippen molar-refractivity contribution in [2.45, 2.75) is 19.9 Å². The van der Waals surface area contributed by atoms with Crippen LogP contribution in [0.1, 0.15) is 24.8 Å². The fourth-order valence-corrected chi connectivity index (χ4v) is 3.31. The minimum absolute atomic E-state index is 0.372. The molecular weight excluding hydrogens is 252 g/mol. The summed E-state index contributed by atoms with van der Waals surface area (Å²) in [6.45, 7) is 4.51. The molecule has 1 atom stereocenters. The van der Waals surface area contributed by atoms with Crippen molar-refractivity contribution in [3.8, 4) is 0 Å². The normalized spacial score (nSPS) is 13.0. The molecular formula is C16H18N2S. The van der Waals surface area contributed by atoms with Gasteiger partial charge in [0.15, 0.2) is 0 Å². The molecule has 0 aliphatic carbocycles. The van der Waals surface area contributed by atoms with Crippen LogP contribution in [0, 0.1) is 5.92 Å². The Morgan fingerprint density at radius 1 is 1.16 bits per heavy atom. The van der Waals surface area contributed by atoms with Gasteiger partial charge in [0.25, 0.3) is 0 Å². The Labute approximate surface area is 117 Å². The van der Waals surface area contributed by atoms with E-state index in [1.165, 1.54) is 21.5 Å². The van der Waals surface area contributed by atoms with Crippen LogP contribution < -0.4 is 5.32 Å². The highest BCUT2D eigenvalue weighted by Crippen LogP contribution is 2.30. The van der Waals surface area contributed by atoms with Gasteiger partial charge in [-0.1, -0.05) is 19.9 Å². The van der Waals surface area contributed by atoms with Gasteiger partial charge in [-0.05, 0) is 41.6 Å². The topological polar surface area (TPSA) is 27.8 Å². The average Bonchev–Trinajstić information content (AvgIpc) is 3.06. The van der Waals surface area contributed by atoms with Crippen LogP contribution in [0.3, 0.4) is 0 Å². The van der Waals surface area contributed by atoms with Crippen molar-refractivity contribution in [3.63, 3.8) is 0 Å². The van der Waals surface area contributed by atoms with Crippen molar-refractivity contribution < 1.29 is 0 Å². The number of hydrogen-bond acceptors (Lipinski definition) is 2. The smallest absolute Gasteiger partial charge is 0.0629 e. The zero-order chi connectivity index (χ0) is 13.2. The maximum absolute atomic E-state index is 3.66. The predicted octanol–water partition coefficient (Wildman–Crippen LogP) is 5.04. The summed E-state index contributed by atoms with van der Waals surface area (Å²) in [5.41, 5.74) is 2.36. The van der Waals surface area contributed by atoms with Crippen molar-refractivity contribution in [1.82, 2.24) is 4.98 Å². The van der Waals surface area contributed by atoms with E-state index in [0.717, 1.165) is 0 Å². The summed E-state index contributed by atoms with van der Waals surface area (Å²) < 4.78 is 0. The van der Waals surface area contributed by atoms with Gasteiger partial charge in [-0.3, -0.25) is 0 Å². The van der Waals surface area contributed by atoms with Crippen LogP contribution in [0.5, 0.6) is 0 Å². The van der Waals surface area contributed by atoms with Crippen LogP contribution in [0.2, 0.25) is 0 Å². The third-order valence-corrected chi connectivity index (χ3v) is 4.35. The van der Waals surface area contributed by atoms with E-state index in [2.05, 4.69) is 65.9 Å². The van der Waals surface area contributed by atoms with Gasteiger partial charge < -0.3 is 10.3 Å². The SMILES string of the molecule is CC(C)C(Nc1ccc2[nH]ccc2c1)c1cccs1. The molecule has 1 aromatic carbocycles. The molecule has 2 N–H and O–H groups in total. The first-order valence-corrected chi connectivity index (χ1v) is 7.49. The van der Waals surface area contributed by atoms with Crippen molar-refractivity contribution in [1.29, 1.82) is 0 Å². The first-order valence-electron chi connectivity index (χ1n) is 6.61. The molecule has 98 valence electrons. The number of aromatic amines is 1. The Balaban J connectivity index is 1.89. The van der Waals surface area contributed by atoms with Crippen LogP contribution in [-0.4, -0.2) is 4.98 Å². The molecule has 3 heteroatoms. The molecule has 0 amide bonds. The Bertz CT molecular complexity index is 652. The number of anilines is 1. The first-order chi connectivity index (χ1) is 9.24. The third-order valence-electron chi connectivity index (χ3n) is 3.39. The Hall–Kier alpha value is -1.74. The summed E-state index contributed by atoms with van der Waals surface area (Å²) in [6.07, 6.45) is 1.98. The van der Waals surface area contributed by atoms with E-state index in [1.807, 2.05) is 17.5 Å². The van der Waals surface area contributed by atoms with E-state index < -0.39 is 0 Å². The lowest BCUT2D eigenvalue weighted by Gasteiger charge is -2.22. The quantitative estimate of drug-likeness (QED) is 0.683. The predicted molar refractivity (Wildman–Crippen MR) is 83.8 cm³/mol. The maximum Gasteiger partial charge on any atom is 0.0629 e. The van der Waals surface area contributed by atoms with Gasteiger partial charge >= 0.3 is 0 Å². The molecule has 0 spiro atoms. The second kappa shape index (κ2) is 5.10. The summed E-state index contributed by atoms with van der Waals surface area (Å²) >= 11 is 1.82. The molecule has 0 bridgehead atoms. The van der Waals surface area contributed by atoms with E-state index >= 15 is 0 Å². The van der Waals surface area contributed by atoms with Gasteiger partial charge in [-0.2, -0.15) is 0 Å². The van der Waals surface area contributed by atoms with Gasteiger partial charge in [0.1, 0.15) is 0 Å². The van der Waals surface area contributed by atoms with Gasteiger partial charge in [0, 0.05) is 27.7 Å². The number of aromatic nitrogens is 1. The minimum Gasteiger partial charge on any atom is -0.377 e. The summed E-state index contributed by atoms with van der Waals surface area (Å²) in [4.78, 5) is 4.62. The first kappa shape index (κ1) is 12.3. The fourth-order valence-electron chi connectivity index (χ4n) is 2.36. The lowest BCUT2D eigenvalue weighted by molar-refractivity contribution is 0.554. The van der Waals surface area contributed by atoms with Crippen LogP contribution in [0.25, 0.3) is 10.9 Å². The molecule has 0 fully saturated rings. The molecule has 3 aromatic rings. The van der Waals surface area contributed by atoms with Crippen molar-refractivity contribution >= 4 is 27.9 Å². The fraction of sp³-hybridized carbons (Fsp3) is 0.250. The Morgan fingerprint density at radius 2 is 2.05 bits per heavy atom. The van der Waals surface area contributed by atoms with Crippen LogP contribution in [0.4, 0.5) is 5.69 Å². The molecule has 0 saturated carbocycles. The standard InChI is InChI=1S/C16H18N2S/c1-11(2)16(15-4-3-9-19-15)18-13-5-6-14-12(10-13)7-8-17-14/h3-11,16-18H,1-2H3. The molecule has 2 heterocycles. The second-order valence-corrected chi connectivity index (χ2v) is 6.14. The Kier molecular flexibility index (Phi) is 3.30. The van der Waals surface area contributed by atoms with Crippen LogP contribution in [0.15, 0.2) is 48.0 Å². The molecule has 0 radical (unpaired) electrons. The number of rotatable bonds is 4. The average molecular weight is 270 g/mol. The molecule has 0 aliphatic heterocycles. The molecule has 19 heavy (non-hydrogen) atoms. The van der Waals surface area contributed by atoms with E-state index in [9.17, 15) is 0 Å². The molecule has 3 rings (SSSR count). The summed E-state index contributed by atoms with van der Waals surface area (Å²) in [5, 5.41) is 7.05. The third kappa shape index (κ3) is 2.51. The highest BCUT2D eigenvalue weighted by molar-refractivity contribution is 7.10. The number of fused-ring (bicyclic) bond motifs is 1. The van der Waals surface area contributed by atoms with E-state index in [-0.39, 0.29) is 0 Å². The van der Waals surface area contributed by atoms with Gasteiger partial charge in [-0.25, -0.2) is 0 Å². The maximum atomic E-state index is 3.66. The number of H-pyrrole nitrogens is 1. The number of benzene rings is 1. The summed E-state index contributed by atoms with van der Waals surface area (Å²) in [7, 11) is 0. The summed E-state index contributed by atoms with van der Waals surface area (Å²) in [5.74, 6) is 0.556. The number of hydrogen-bond donors (Lipinski definition) is 2. The lowest BCUT2D eigenvalue weighted by atomic mass is 10.0. The zero-order valence-electron chi connectivity index (χ0n) is 11.2. The highest BCUT2D eigenvalue weighted by atomic mass is 32.1. The number of nitrogens with one attached hydrogen (secondary N) is 2. The van der Waals surface area contributed by atoms with Crippen molar-refractivity contribution in [3.05, 3.63) is 52.9 Å². The minimum atomic E-state index is 0.372. The van der Waals surface area contributed by atoms with E-state index in [0.29, 0.717) is 12.0 Å². The molecule has 2 aromatic heterocycles. The lowest BCUT2D eigenvalue weighted by Crippen LogP contribution is -2.15. The zero-order valence-corrected chi connectivity index (χ0v) is 12.0. The number of thiophene rings is 1. The largest absolute Gasteiger partial charge is 0.377 e. The second-order valence-electron chi connectivity index (χ2n) is 5.16. The van der Waals surface area contributed by atoms with Crippen LogP contribution in [-0.2, 0) is 0 Å². The molecule has 0 aliphatic rings. The van der Waals surface area contributed by atoms with Gasteiger partial charge in [0.05, 0.1) is 6.04 Å². The molecule has 2 nitrogen and oxygen atoms in total.